The Morgan fingerprint density at radius 3 is 2.65 bits per heavy atom. The van der Waals surface area contributed by atoms with Gasteiger partial charge in [-0.25, -0.2) is 0 Å². The van der Waals surface area contributed by atoms with Crippen LogP contribution in [0.25, 0.3) is 0 Å². The van der Waals surface area contributed by atoms with Crippen LogP contribution in [0.1, 0.15) is 44.1 Å². The van der Waals surface area contributed by atoms with E-state index < -0.39 is 0 Å². The molecule has 2 aliphatic carbocycles. The van der Waals surface area contributed by atoms with E-state index in [1.165, 1.54) is 19.3 Å². The van der Waals surface area contributed by atoms with Crippen molar-refractivity contribution in [3.63, 3.8) is 0 Å². The van der Waals surface area contributed by atoms with Crippen molar-refractivity contribution < 1.29 is 4.79 Å². The molecule has 2 heteroatoms. The number of fused-ring (bicyclic) bond motifs is 2. The van der Waals surface area contributed by atoms with Crippen LogP contribution in [0.15, 0.2) is 24.5 Å². The maximum atomic E-state index is 12.5. The van der Waals surface area contributed by atoms with E-state index in [9.17, 15) is 4.79 Å². The van der Waals surface area contributed by atoms with E-state index in [4.69, 9.17) is 0 Å². The molecule has 0 radical (unpaired) electrons. The van der Waals surface area contributed by atoms with Crippen molar-refractivity contribution in [2.45, 2.75) is 38.5 Å². The third kappa shape index (κ3) is 1.90. The van der Waals surface area contributed by atoms with Gasteiger partial charge >= 0.3 is 0 Å². The SMILES string of the molecule is CC(C(=O)C1CC2CCC1C2)c1ccncc1. The van der Waals surface area contributed by atoms with Crippen LogP contribution in [0.3, 0.4) is 0 Å². The van der Waals surface area contributed by atoms with E-state index in [2.05, 4.69) is 4.98 Å². The van der Waals surface area contributed by atoms with Crippen molar-refractivity contribution in [1.82, 2.24) is 4.98 Å². The van der Waals surface area contributed by atoms with Crippen molar-refractivity contribution in [3.05, 3.63) is 30.1 Å². The number of carbonyl (C=O) groups is 1. The summed E-state index contributed by atoms with van der Waals surface area (Å²) in [6, 6.07) is 3.94. The fourth-order valence-electron chi connectivity index (χ4n) is 3.73. The minimum Gasteiger partial charge on any atom is -0.299 e. The average molecular weight is 229 g/mol. The minimum absolute atomic E-state index is 0.0438. The summed E-state index contributed by atoms with van der Waals surface area (Å²) >= 11 is 0. The lowest BCUT2D eigenvalue weighted by molar-refractivity contribution is -0.125. The molecule has 2 nitrogen and oxygen atoms in total. The quantitative estimate of drug-likeness (QED) is 0.796. The van der Waals surface area contributed by atoms with Crippen molar-refractivity contribution >= 4 is 5.78 Å². The lowest BCUT2D eigenvalue weighted by atomic mass is 9.80. The molecule has 17 heavy (non-hydrogen) atoms. The Morgan fingerprint density at radius 2 is 2.06 bits per heavy atom. The van der Waals surface area contributed by atoms with Gasteiger partial charge in [-0.1, -0.05) is 13.3 Å². The molecule has 2 aliphatic rings. The molecule has 4 unspecified atom stereocenters. The molecule has 0 N–H and O–H groups in total. The zero-order chi connectivity index (χ0) is 11.8. The number of carbonyl (C=O) groups excluding carboxylic acids is 1. The summed E-state index contributed by atoms with van der Waals surface area (Å²) < 4.78 is 0. The second-order valence-electron chi connectivity index (χ2n) is 5.69. The van der Waals surface area contributed by atoms with Gasteiger partial charge in [0.25, 0.3) is 0 Å². The Hall–Kier alpha value is -1.18. The second kappa shape index (κ2) is 4.25. The summed E-state index contributed by atoms with van der Waals surface area (Å²) in [6.07, 6.45) is 8.65. The van der Waals surface area contributed by atoms with E-state index in [0.29, 0.717) is 17.6 Å². The molecular weight excluding hydrogens is 210 g/mol. The molecule has 3 rings (SSSR count). The zero-order valence-electron chi connectivity index (χ0n) is 10.3. The lowest BCUT2D eigenvalue weighted by Gasteiger charge is -2.23. The summed E-state index contributed by atoms with van der Waals surface area (Å²) in [5.74, 6) is 2.39. The number of nitrogens with zero attached hydrogens (tertiary/aromatic N) is 1. The van der Waals surface area contributed by atoms with Gasteiger partial charge in [0.05, 0.1) is 0 Å². The molecule has 0 aromatic carbocycles. The smallest absolute Gasteiger partial charge is 0.143 e. The van der Waals surface area contributed by atoms with Crippen LogP contribution in [-0.4, -0.2) is 10.8 Å². The van der Waals surface area contributed by atoms with Crippen LogP contribution >= 0.6 is 0 Å². The Balaban J connectivity index is 1.74. The average Bonchev–Trinajstić information content (AvgIpc) is 3.00. The van der Waals surface area contributed by atoms with Gasteiger partial charge in [0.15, 0.2) is 0 Å². The monoisotopic (exact) mass is 229 g/mol. The normalized spacial score (nSPS) is 32.6. The predicted octanol–water partition coefficient (Wildman–Crippen LogP) is 3.19. The van der Waals surface area contributed by atoms with E-state index in [1.54, 1.807) is 12.4 Å². The molecule has 1 heterocycles. The molecule has 0 saturated heterocycles. The summed E-state index contributed by atoms with van der Waals surface area (Å²) in [5.41, 5.74) is 1.12. The minimum atomic E-state index is 0.0438. The first-order chi connectivity index (χ1) is 8.25. The first-order valence-electron chi connectivity index (χ1n) is 6.69. The molecule has 2 saturated carbocycles. The topological polar surface area (TPSA) is 30.0 Å². The highest BCUT2D eigenvalue weighted by Crippen LogP contribution is 2.49. The van der Waals surface area contributed by atoms with Crippen LogP contribution in [0, 0.1) is 17.8 Å². The molecule has 0 aliphatic heterocycles. The Bertz CT molecular complexity index is 414. The molecular formula is C15H19NO. The summed E-state index contributed by atoms with van der Waals surface area (Å²) in [4.78, 5) is 16.5. The number of ketones is 1. The van der Waals surface area contributed by atoms with Gasteiger partial charge in [0.1, 0.15) is 5.78 Å². The van der Waals surface area contributed by atoms with Crippen LogP contribution in [0.2, 0.25) is 0 Å². The Morgan fingerprint density at radius 1 is 1.29 bits per heavy atom. The van der Waals surface area contributed by atoms with Crippen molar-refractivity contribution in [3.8, 4) is 0 Å². The van der Waals surface area contributed by atoms with Crippen molar-refractivity contribution in [2.24, 2.45) is 17.8 Å². The van der Waals surface area contributed by atoms with Gasteiger partial charge in [-0.3, -0.25) is 9.78 Å². The number of rotatable bonds is 3. The van der Waals surface area contributed by atoms with Gasteiger partial charge in [0, 0.05) is 24.2 Å². The summed E-state index contributed by atoms with van der Waals surface area (Å²) in [5, 5.41) is 0. The number of aromatic nitrogens is 1. The Labute approximate surface area is 102 Å². The maximum absolute atomic E-state index is 12.5. The number of Topliss-reactive ketones (excluding diaryl/α,β-unsaturated/α-hetero) is 1. The molecule has 0 amide bonds. The van der Waals surface area contributed by atoms with Crippen LogP contribution in [0.5, 0.6) is 0 Å². The third-order valence-electron chi connectivity index (χ3n) is 4.74. The van der Waals surface area contributed by atoms with Gasteiger partial charge in [-0.15, -0.1) is 0 Å². The van der Waals surface area contributed by atoms with Crippen molar-refractivity contribution in [2.75, 3.05) is 0 Å². The molecule has 0 spiro atoms. The lowest BCUT2D eigenvalue weighted by Crippen LogP contribution is -2.25. The molecule has 1 aromatic heterocycles. The fraction of sp³-hybridized carbons (Fsp3) is 0.600. The number of hydrogen-bond acceptors (Lipinski definition) is 2. The van der Waals surface area contributed by atoms with Crippen LogP contribution in [0.4, 0.5) is 0 Å². The largest absolute Gasteiger partial charge is 0.299 e. The standard InChI is InChI=1S/C15H19NO/c1-10(12-4-6-16-7-5-12)15(17)14-9-11-2-3-13(14)8-11/h4-7,10-11,13-14H,2-3,8-9H2,1H3. The fourth-order valence-corrected chi connectivity index (χ4v) is 3.73. The van der Waals surface area contributed by atoms with Crippen molar-refractivity contribution in [1.29, 1.82) is 0 Å². The molecule has 2 fully saturated rings. The predicted molar refractivity (Wildman–Crippen MR) is 66.6 cm³/mol. The second-order valence-corrected chi connectivity index (χ2v) is 5.69. The molecule has 4 atom stereocenters. The van der Waals surface area contributed by atoms with E-state index in [0.717, 1.165) is 17.9 Å². The van der Waals surface area contributed by atoms with Gasteiger partial charge in [0.2, 0.25) is 0 Å². The van der Waals surface area contributed by atoms with Gasteiger partial charge in [-0.2, -0.15) is 0 Å². The first-order valence-corrected chi connectivity index (χ1v) is 6.69. The summed E-state index contributed by atoms with van der Waals surface area (Å²) in [7, 11) is 0. The highest BCUT2D eigenvalue weighted by molar-refractivity contribution is 5.88. The van der Waals surface area contributed by atoms with E-state index in [-0.39, 0.29) is 5.92 Å². The van der Waals surface area contributed by atoms with E-state index in [1.807, 2.05) is 19.1 Å². The highest BCUT2D eigenvalue weighted by Gasteiger charge is 2.43. The first kappa shape index (κ1) is 10.9. The number of pyridine rings is 1. The highest BCUT2D eigenvalue weighted by atomic mass is 16.1. The molecule has 90 valence electrons. The summed E-state index contributed by atoms with van der Waals surface area (Å²) in [6.45, 7) is 2.05. The van der Waals surface area contributed by atoms with Crippen LogP contribution < -0.4 is 0 Å². The molecule has 1 aromatic rings. The third-order valence-corrected chi connectivity index (χ3v) is 4.74. The van der Waals surface area contributed by atoms with E-state index >= 15 is 0 Å². The van der Waals surface area contributed by atoms with Gasteiger partial charge in [-0.05, 0) is 48.8 Å². The Kier molecular flexibility index (Phi) is 2.73. The van der Waals surface area contributed by atoms with Gasteiger partial charge < -0.3 is 0 Å². The maximum Gasteiger partial charge on any atom is 0.143 e. The number of hydrogen-bond donors (Lipinski definition) is 0. The zero-order valence-corrected chi connectivity index (χ0v) is 10.3. The van der Waals surface area contributed by atoms with Crippen LogP contribution in [-0.2, 0) is 4.79 Å². The molecule has 2 bridgehead atoms.